The zero-order valence-electron chi connectivity index (χ0n) is 10.1. The number of aliphatic hydroxyl groups excluding tert-OH is 4. The Morgan fingerprint density at radius 1 is 1.05 bits per heavy atom. The van der Waals surface area contributed by atoms with Crippen LogP contribution in [0.1, 0.15) is 12.8 Å². The highest BCUT2D eigenvalue weighted by Gasteiger charge is 2.49. The van der Waals surface area contributed by atoms with Crippen molar-refractivity contribution in [3.63, 3.8) is 0 Å². The third-order valence-electron chi connectivity index (χ3n) is 3.56. The zero-order valence-corrected chi connectivity index (χ0v) is 10.9. The second-order valence-corrected chi connectivity index (χ2v) is 7.40. The molecule has 0 aromatic heterocycles. The summed E-state index contributed by atoms with van der Waals surface area (Å²) in [6, 6.07) is 0. The smallest absolute Gasteiger partial charge is 0.183 e. The fraction of sp³-hybridized carbons (Fsp3) is 1.00. The van der Waals surface area contributed by atoms with Crippen LogP contribution in [0.15, 0.2) is 0 Å². The predicted octanol–water partition coefficient (Wildman–Crippen LogP) is -3.27. The van der Waals surface area contributed by atoms with Crippen molar-refractivity contribution in [3.8, 4) is 0 Å². The molecule has 2 saturated heterocycles. The Labute approximate surface area is 110 Å². The average molecular weight is 298 g/mol. The van der Waals surface area contributed by atoms with Gasteiger partial charge in [-0.2, -0.15) is 0 Å². The van der Waals surface area contributed by atoms with Crippen molar-refractivity contribution in [1.82, 2.24) is 0 Å². The largest absolute Gasteiger partial charge is 0.388 e. The Morgan fingerprint density at radius 2 is 1.63 bits per heavy atom. The predicted molar refractivity (Wildman–Crippen MR) is 61.7 cm³/mol. The quantitative estimate of drug-likeness (QED) is 0.365. The molecule has 19 heavy (non-hydrogen) atoms. The molecule has 0 aliphatic carbocycles. The molecule has 0 bridgehead atoms. The molecule has 0 unspecified atom stereocenters. The van der Waals surface area contributed by atoms with Crippen LogP contribution in [0.25, 0.3) is 0 Å². The molecule has 0 radical (unpaired) electrons. The van der Waals surface area contributed by atoms with Crippen molar-refractivity contribution >= 4 is 9.84 Å². The molecular weight excluding hydrogens is 280 g/mol. The molecule has 2 aliphatic heterocycles. The van der Waals surface area contributed by atoms with Gasteiger partial charge >= 0.3 is 0 Å². The second kappa shape index (κ2) is 4.92. The first-order valence-electron chi connectivity index (χ1n) is 5.94. The van der Waals surface area contributed by atoms with Gasteiger partial charge in [-0.05, 0) is 12.8 Å². The van der Waals surface area contributed by atoms with E-state index in [1.807, 2.05) is 0 Å². The molecule has 8 nitrogen and oxygen atoms in total. The van der Waals surface area contributed by atoms with Crippen LogP contribution in [0.2, 0.25) is 0 Å². The van der Waals surface area contributed by atoms with E-state index in [-0.39, 0.29) is 24.3 Å². The molecule has 112 valence electrons. The van der Waals surface area contributed by atoms with E-state index in [9.17, 15) is 34.0 Å². The van der Waals surface area contributed by atoms with Crippen molar-refractivity contribution in [1.29, 1.82) is 0 Å². The standard InChI is InChI=1S/C10H18O8S/c11-6-5(18-9(14)8(13)7(6)12)1-2-10(15)3-19(16,17)4-10/h5-9,11-15H,1-4H2/t5-,6-,7+,8+,9+/m1/s1. The van der Waals surface area contributed by atoms with Crippen LogP contribution >= 0.6 is 0 Å². The summed E-state index contributed by atoms with van der Waals surface area (Å²) in [6.45, 7) is 0. The van der Waals surface area contributed by atoms with Gasteiger partial charge in [0.25, 0.3) is 0 Å². The fourth-order valence-electron chi connectivity index (χ4n) is 2.50. The summed E-state index contributed by atoms with van der Waals surface area (Å²) in [6.07, 6.45) is -7.02. The summed E-state index contributed by atoms with van der Waals surface area (Å²) in [5, 5.41) is 47.6. The van der Waals surface area contributed by atoms with Gasteiger partial charge in [0, 0.05) is 0 Å². The molecule has 2 fully saturated rings. The molecule has 0 saturated carbocycles. The Balaban J connectivity index is 1.89. The highest BCUT2D eigenvalue weighted by molar-refractivity contribution is 7.93. The van der Waals surface area contributed by atoms with Crippen LogP contribution in [0, 0.1) is 0 Å². The maximum atomic E-state index is 11.0. The van der Waals surface area contributed by atoms with Crippen molar-refractivity contribution < 1.29 is 38.7 Å². The zero-order chi connectivity index (χ0) is 14.4. The highest BCUT2D eigenvalue weighted by atomic mass is 32.2. The van der Waals surface area contributed by atoms with Gasteiger partial charge in [-0.3, -0.25) is 0 Å². The first kappa shape index (κ1) is 15.1. The van der Waals surface area contributed by atoms with E-state index in [2.05, 4.69) is 0 Å². The third kappa shape index (κ3) is 3.07. The van der Waals surface area contributed by atoms with Gasteiger partial charge in [-0.15, -0.1) is 0 Å². The molecule has 9 heteroatoms. The van der Waals surface area contributed by atoms with Gasteiger partial charge in [-0.1, -0.05) is 0 Å². The SMILES string of the molecule is O=S1(=O)CC(O)(CC[C@H]2O[C@H](O)[C@@H](O)[C@@H](O)[C@@H]2O)C1. The molecule has 0 spiro atoms. The van der Waals surface area contributed by atoms with Crippen LogP contribution in [0.4, 0.5) is 0 Å². The average Bonchev–Trinajstić information content (AvgIpc) is 2.27. The van der Waals surface area contributed by atoms with Crippen LogP contribution in [0.3, 0.4) is 0 Å². The Bertz CT molecular complexity index is 423. The maximum Gasteiger partial charge on any atom is 0.183 e. The summed E-state index contributed by atoms with van der Waals surface area (Å²) in [4.78, 5) is 0. The Morgan fingerprint density at radius 3 is 2.16 bits per heavy atom. The topological polar surface area (TPSA) is 145 Å². The van der Waals surface area contributed by atoms with E-state index >= 15 is 0 Å². The summed E-state index contributed by atoms with van der Waals surface area (Å²) < 4.78 is 27.0. The molecule has 0 aromatic carbocycles. The van der Waals surface area contributed by atoms with E-state index < -0.39 is 46.1 Å². The molecule has 5 atom stereocenters. The molecular formula is C10H18O8S. The van der Waals surface area contributed by atoms with Crippen LogP contribution in [-0.2, 0) is 14.6 Å². The van der Waals surface area contributed by atoms with Crippen LogP contribution in [0.5, 0.6) is 0 Å². The highest BCUT2D eigenvalue weighted by Crippen LogP contribution is 2.31. The molecule has 5 N–H and O–H groups in total. The molecule has 0 amide bonds. The van der Waals surface area contributed by atoms with Gasteiger partial charge in [0.1, 0.15) is 18.3 Å². The van der Waals surface area contributed by atoms with Crippen molar-refractivity contribution in [2.24, 2.45) is 0 Å². The van der Waals surface area contributed by atoms with Gasteiger partial charge in [0.15, 0.2) is 16.1 Å². The summed E-state index contributed by atoms with van der Waals surface area (Å²) >= 11 is 0. The summed E-state index contributed by atoms with van der Waals surface area (Å²) in [7, 11) is -3.18. The van der Waals surface area contributed by atoms with Crippen LogP contribution in [-0.4, -0.2) is 81.8 Å². The number of rotatable bonds is 3. The van der Waals surface area contributed by atoms with Gasteiger partial charge in [0.05, 0.1) is 23.2 Å². The molecule has 2 aliphatic rings. The normalized spacial score (nSPS) is 44.6. The van der Waals surface area contributed by atoms with E-state index in [0.717, 1.165) is 0 Å². The number of hydrogen-bond donors (Lipinski definition) is 5. The van der Waals surface area contributed by atoms with Crippen molar-refractivity contribution in [3.05, 3.63) is 0 Å². The van der Waals surface area contributed by atoms with Gasteiger partial charge < -0.3 is 30.3 Å². The first-order chi connectivity index (χ1) is 8.64. The minimum atomic E-state index is -3.18. The van der Waals surface area contributed by atoms with E-state index in [1.54, 1.807) is 0 Å². The van der Waals surface area contributed by atoms with E-state index in [1.165, 1.54) is 0 Å². The number of sulfone groups is 1. The first-order valence-corrected chi connectivity index (χ1v) is 7.76. The molecule has 2 rings (SSSR count). The minimum Gasteiger partial charge on any atom is -0.388 e. The fourth-order valence-corrected chi connectivity index (χ4v) is 4.34. The lowest BCUT2D eigenvalue weighted by atomic mass is 9.92. The number of aliphatic hydroxyl groups is 5. The third-order valence-corrected chi connectivity index (χ3v) is 5.51. The van der Waals surface area contributed by atoms with Gasteiger partial charge in [-0.25, -0.2) is 8.42 Å². The number of ether oxygens (including phenoxy) is 1. The van der Waals surface area contributed by atoms with Crippen molar-refractivity contribution in [2.45, 2.75) is 49.1 Å². The van der Waals surface area contributed by atoms with E-state index in [4.69, 9.17) is 4.74 Å². The van der Waals surface area contributed by atoms with Crippen LogP contribution < -0.4 is 0 Å². The summed E-state index contributed by atoms with van der Waals surface area (Å²) in [5.74, 6) is -0.674. The minimum absolute atomic E-state index is 0.0590. The number of hydrogen-bond acceptors (Lipinski definition) is 8. The van der Waals surface area contributed by atoms with Crippen molar-refractivity contribution in [2.75, 3.05) is 11.5 Å². The molecule has 0 aromatic rings. The lowest BCUT2D eigenvalue weighted by Crippen LogP contribution is -2.59. The second-order valence-electron chi connectivity index (χ2n) is 5.33. The Hall–Kier alpha value is -0.290. The molecule has 2 heterocycles. The van der Waals surface area contributed by atoms with E-state index in [0.29, 0.717) is 0 Å². The monoisotopic (exact) mass is 298 g/mol. The maximum absolute atomic E-state index is 11.0. The van der Waals surface area contributed by atoms with Gasteiger partial charge in [0.2, 0.25) is 0 Å². The Kier molecular flexibility index (Phi) is 3.91. The lowest BCUT2D eigenvalue weighted by Gasteiger charge is -2.41. The summed E-state index contributed by atoms with van der Waals surface area (Å²) in [5.41, 5.74) is -1.34. The lowest BCUT2D eigenvalue weighted by molar-refractivity contribution is -0.283.